The third kappa shape index (κ3) is 3.76. The standard InChI is InChI=1S/C18H22N4O2/c1-22(2)17-14(7-5-9-19-17)11-20-18(23)21-12-15-10-13-6-3-4-8-16(13)24-15/h3-9,15H,10-12H2,1-2H3,(H2,20,21,23)/t15-/m1/s1. The maximum atomic E-state index is 12.0. The Hall–Kier alpha value is -2.76. The van der Waals surface area contributed by atoms with Crippen LogP contribution in [0.1, 0.15) is 11.1 Å². The molecule has 0 spiro atoms. The number of fused-ring (bicyclic) bond motifs is 1. The minimum absolute atomic E-state index is 0.0103. The average Bonchev–Trinajstić information content (AvgIpc) is 3.01. The lowest BCUT2D eigenvalue weighted by molar-refractivity contribution is 0.214. The van der Waals surface area contributed by atoms with E-state index in [2.05, 4.69) is 21.7 Å². The Labute approximate surface area is 141 Å². The van der Waals surface area contributed by atoms with Gasteiger partial charge in [-0.25, -0.2) is 9.78 Å². The Morgan fingerprint density at radius 1 is 1.25 bits per heavy atom. The van der Waals surface area contributed by atoms with Gasteiger partial charge in [0.05, 0.1) is 6.54 Å². The molecule has 0 radical (unpaired) electrons. The summed E-state index contributed by atoms with van der Waals surface area (Å²) in [5.74, 6) is 1.77. The molecule has 126 valence electrons. The van der Waals surface area contributed by atoms with Crippen LogP contribution in [0.3, 0.4) is 0 Å². The Balaban J connectivity index is 1.46. The van der Waals surface area contributed by atoms with Crippen LogP contribution >= 0.6 is 0 Å². The molecule has 1 aromatic heterocycles. The second-order valence-corrected chi connectivity index (χ2v) is 6.00. The highest BCUT2D eigenvalue weighted by Gasteiger charge is 2.22. The largest absolute Gasteiger partial charge is 0.488 e. The molecule has 1 aliphatic rings. The van der Waals surface area contributed by atoms with Gasteiger partial charge in [0.15, 0.2) is 0 Å². The second-order valence-electron chi connectivity index (χ2n) is 6.00. The van der Waals surface area contributed by atoms with E-state index in [-0.39, 0.29) is 12.1 Å². The van der Waals surface area contributed by atoms with Gasteiger partial charge in [-0.3, -0.25) is 0 Å². The molecular formula is C18H22N4O2. The molecule has 2 N–H and O–H groups in total. The number of rotatable bonds is 5. The quantitative estimate of drug-likeness (QED) is 0.881. The molecule has 0 aliphatic carbocycles. The molecule has 0 bridgehead atoms. The first-order valence-corrected chi connectivity index (χ1v) is 8.01. The first-order chi connectivity index (χ1) is 11.6. The summed E-state index contributed by atoms with van der Waals surface area (Å²) in [5, 5.41) is 5.74. The first-order valence-electron chi connectivity index (χ1n) is 8.01. The van der Waals surface area contributed by atoms with Crippen molar-refractivity contribution >= 4 is 11.8 Å². The molecule has 3 rings (SSSR count). The number of hydrogen-bond donors (Lipinski definition) is 2. The number of urea groups is 1. The summed E-state index contributed by atoms with van der Waals surface area (Å²) in [6.07, 6.45) is 2.56. The fourth-order valence-corrected chi connectivity index (χ4v) is 2.78. The van der Waals surface area contributed by atoms with E-state index in [0.717, 1.165) is 23.6 Å². The minimum Gasteiger partial charge on any atom is -0.488 e. The summed E-state index contributed by atoms with van der Waals surface area (Å²) >= 11 is 0. The Kier molecular flexibility index (Phi) is 4.84. The van der Waals surface area contributed by atoms with E-state index in [4.69, 9.17) is 4.74 Å². The summed E-state index contributed by atoms with van der Waals surface area (Å²) in [4.78, 5) is 18.3. The lowest BCUT2D eigenvalue weighted by atomic mass is 10.1. The highest BCUT2D eigenvalue weighted by molar-refractivity contribution is 5.74. The van der Waals surface area contributed by atoms with Gasteiger partial charge in [0.25, 0.3) is 0 Å². The Bertz CT molecular complexity index is 693. The summed E-state index contributed by atoms with van der Waals surface area (Å²) in [5.41, 5.74) is 2.16. The van der Waals surface area contributed by atoms with Crippen LogP contribution < -0.4 is 20.3 Å². The maximum Gasteiger partial charge on any atom is 0.315 e. The van der Waals surface area contributed by atoms with E-state index in [1.54, 1.807) is 6.20 Å². The van der Waals surface area contributed by atoms with Crippen molar-refractivity contribution in [1.82, 2.24) is 15.6 Å². The van der Waals surface area contributed by atoms with E-state index < -0.39 is 0 Å². The topological polar surface area (TPSA) is 66.5 Å². The lowest BCUT2D eigenvalue weighted by Crippen LogP contribution is -2.40. The van der Waals surface area contributed by atoms with Crippen molar-refractivity contribution in [2.45, 2.75) is 19.1 Å². The first kappa shape index (κ1) is 16.1. The molecule has 6 nitrogen and oxygen atoms in total. The van der Waals surface area contributed by atoms with Crippen LogP contribution in [0.5, 0.6) is 5.75 Å². The van der Waals surface area contributed by atoms with E-state index in [1.165, 1.54) is 5.56 Å². The van der Waals surface area contributed by atoms with Crippen LogP contribution in [0.15, 0.2) is 42.6 Å². The second kappa shape index (κ2) is 7.21. The highest BCUT2D eigenvalue weighted by atomic mass is 16.5. The number of carbonyl (C=O) groups excluding carboxylic acids is 1. The van der Waals surface area contributed by atoms with Crippen molar-refractivity contribution in [3.63, 3.8) is 0 Å². The van der Waals surface area contributed by atoms with Crippen LogP contribution in [-0.4, -0.2) is 37.8 Å². The van der Waals surface area contributed by atoms with Crippen molar-refractivity contribution in [2.24, 2.45) is 0 Å². The number of anilines is 1. The minimum atomic E-state index is -0.205. The van der Waals surface area contributed by atoms with Gasteiger partial charge in [-0.05, 0) is 17.7 Å². The molecule has 6 heteroatoms. The number of nitrogens with one attached hydrogen (secondary N) is 2. The van der Waals surface area contributed by atoms with E-state index in [1.807, 2.05) is 49.3 Å². The van der Waals surface area contributed by atoms with Crippen LogP contribution in [0, 0.1) is 0 Å². The van der Waals surface area contributed by atoms with Gasteiger partial charge in [-0.15, -0.1) is 0 Å². The smallest absolute Gasteiger partial charge is 0.315 e. The highest BCUT2D eigenvalue weighted by Crippen LogP contribution is 2.27. The van der Waals surface area contributed by atoms with Gasteiger partial charge in [0.2, 0.25) is 0 Å². The third-order valence-corrected chi connectivity index (χ3v) is 3.93. The van der Waals surface area contributed by atoms with Crippen molar-refractivity contribution in [3.05, 3.63) is 53.7 Å². The molecule has 2 amide bonds. The van der Waals surface area contributed by atoms with Gasteiger partial charge >= 0.3 is 6.03 Å². The lowest BCUT2D eigenvalue weighted by Gasteiger charge is -2.17. The zero-order valence-electron chi connectivity index (χ0n) is 14.0. The predicted octanol–water partition coefficient (Wildman–Crippen LogP) is 1.95. The number of nitrogens with zero attached hydrogens (tertiary/aromatic N) is 2. The molecule has 1 atom stereocenters. The van der Waals surface area contributed by atoms with Crippen LogP contribution in [-0.2, 0) is 13.0 Å². The molecule has 2 heterocycles. The summed E-state index contributed by atoms with van der Waals surface area (Å²) in [7, 11) is 3.86. The van der Waals surface area contributed by atoms with E-state index >= 15 is 0 Å². The van der Waals surface area contributed by atoms with E-state index in [0.29, 0.717) is 13.1 Å². The Morgan fingerprint density at radius 3 is 2.88 bits per heavy atom. The molecule has 24 heavy (non-hydrogen) atoms. The van der Waals surface area contributed by atoms with Crippen LogP contribution in [0.25, 0.3) is 0 Å². The molecule has 1 aliphatic heterocycles. The Morgan fingerprint density at radius 2 is 2.08 bits per heavy atom. The van der Waals surface area contributed by atoms with Crippen LogP contribution in [0.4, 0.5) is 10.6 Å². The number of aromatic nitrogens is 1. The summed E-state index contributed by atoms with van der Waals surface area (Å²) < 4.78 is 5.81. The zero-order chi connectivity index (χ0) is 16.9. The zero-order valence-corrected chi connectivity index (χ0v) is 14.0. The maximum absolute atomic E-state index is 12.0. The van der Waals surface area contributed by atoms with Gasteiger partial charge < -0.3 is 20.3 Å². The number of ether oxygens (including phenoxy) is 1. The van der Waals surface area contributed by atoms with Crippen molar-refractivity contribution in [3.8, 4) is 5.75 Å². The van der Waals surface area contributed by atoms with Gasteiger partial charge in [0.1, 0.15) is 17.7 Å². The number of amides is 2. The molecule has 0 saturated heterocycles. The number of pyridine rings is 1. The fraction of sp³-hybridized carbons (Fsp3) is 0.333. The number of carbonyl (C=O) groups is 1. The molecule has 2 aromatic rings. The van der Waals surface area contributed by atoms with E-state index in [9.17, 15) is 4.79 Å². The number of para-hydroxylation sites is 1. The van der Waals surface area contributed by atoms with Crippen molar-refractivity contribution in [2.75, 3.05) is 25.5 Å². The number of benzene rings is 1. The average molecular weight is 326 g/mol. The molecule has 0 saturated carbocycles. The summed E-state index contributed by atoms with van der Waals surface area (Å²) in [6, 6.07) is 11.6. The van der Waals surface area contributed by atoms with Gasteiger partial charge in [0, 0.05) is 38.8 Å². The predicted molar refractivity (Wildman–Crippen MR) is 93.4 cm³/mol. The SMILES string of the molecule is CN(C)c1ncccc1CNC(=O)NC[C@H]1Cc2ccccc2O1. The fourth-order valence-electron chi connectivity index (χ4n) is 2.78. The van der Waals surface area contributed by atoms with Crippen molar-refractivity contribution < 1.29 is 9.53 Å². The van der Waals surface area contributed by atoms with Crippen molar-refractivity contribution in [1.29, 1.82) is 0 Å². The monoisotopic (exact) mass is 326 g/mol. The molecule has 0 fully saturated rings. The van der Waals surface area contributed by atoms with Gasteiger partial charge in [-0.2, -0.15) is 0 Å². The normalized spacial score (nSPS) is 15.3. The third-order valence-electron chi connectivity index (χ3n) is 3.93. The molecule has 0 unspecified atom stereocenters. The molecule has 1 aromatic carbocycles. The molecular weight excluding hydrogens is 304 g/mol. The van der Waals surface area contributed by atoms with Crippen LogP contribution in [0.2, 0.25) is 0 Å². The number of hydrogen-bond acceptors (Lipinski definition) is 4. The summed E-state index contributed by atoms with van der Waals surface area (Å²) in [6.45, 7) is 0.910. The van der Waals surface area contributed by atoms with Gasteiger partial charge in [-0.1, -0.05) is 24.3 Å².